The number of nitrogens with zero attached hydrogens (tertiary/aromatic N) is 5. The molecule has 35 heavy (non-hydrogen) atoms. The van der Waals surface area contributed by atoms with Gasteiger partial charge in [0.15, 0.2) is 11.5 Å². The van der Waals surface area contributed by atoms with Gasteiger partial charge in [-0.15, -0.1) is 0 Å². The van der Waals surface area contributed by atoms with Crippen LogP contribution in [0.3, 0.4) is 0 Å². The minimum Gasteiger partial charge on any atom is -0.369 e. The number of anilines is 2. The summed E-state index contributed by atoms with van der Waals surface area (Å²) >= 11 is 0. The molecule has 3 aliphatic rings. The zero-order chi connectivity index (χ0) is 23.9. The number of carbonyl (C=O) groups is 1. The molecule has 3 fully saturated rings. The molecule has 2 atom stereocenters. The third kappa shape index (κ3) is 3.48. The average Bonchev–Trinajstić information content (AvgIpc) is 3.49. The van der Waals surface area contributed by atoms with Crippen LogP contribution in [0.25, 0.3) is 16.6 Å². The molecule has 2 aliphatic carbocycles. The SMILES string of the molecule is Cc1cn2cc(NC(=O)c3ccc(N4CC[C@H](NC5CC56CC6)C4)c4cn(C)nc34)cc(F)c2n1. The van der Waals surface area contributed by atoms with Crippen LogP contribution in [0.1, 0.15) is 41.7 Å². The summed E-state index contributed by atoms with van der Waals surface area (Å²) in [6.07, 6.45) is 10.6. The van der Waals surface area contributed by atoms with Gasteiger partial charge in [0.2, 0.25) is 0 Å². The molecule has 180 valence electrons. The lowest BCUT2D eigenvalue weighted by Gasteiger charge is -2.20. The summed E-state index contributed by atoms with van der Waals surface area (Å²) in [5.74, 6) is -0.800. The quantitative estimate of drug-likeness (QED) is 0.463. The Balaban J connectivity index is 1.14. The minimum atomic E-state index is -0.481. The molecule has 3 aromatic heterocycles. The van der Waals surface area contributed by atoms with Crippen LogP contribution >= 0.6 is 0 Å². The number of pyridine rings is 1. The summed E-state index contributed by atoms with van der Waals surface area (Å²) in [6, 6.07) is 6.37. The predicted octanol–water partition coefficient (Wildman–Crippen LogP) is 3.64. The monoisotopic (exact) mass is 473 g/mol. The largest absolute Gasteiger partial charge is 0.369 e. The van der Waals surface area contributed by atoms with E-state index in [-0.39, 0.29) is 11.6 Å². The maximum absolute atomic E-state index is 14.5. The summed E-state index contributed by atoms with van der Waals surface area (Å²) in [4.78, 5) is 19.8. The van der Waals surface area contributed by atoms with Crippen molar-refractivity contribution in [3.63, 3.8) is 0 Å². The van der Waals surface area contributed by atoms with Crippen LogP contribution in [0, 0.1) is 18.2 Å². The molecule has 2 N–H and O–H groups in total. The molecule has 1 unspecified atom stereocenters. The van der Waals surface area contributed by atoms with Crippen LogP contribution in [-0.2, 0) is 7.05 Å². The minimum absolute atomic E-state index is 0.240. The molecule has 1 aromatic carbocycles. The highest BCUT2D eigenvalue weighted by atomic mass is 19.1. The summed E-state index contributed by atoms with van der Waals surface area (Å²) in [7, 11) is 1.87. The van der Waals surface area contributed by atoms with Gasteiger partial charge in [0.05, 0.1) is 16.9 Å². The molecule has 0 radical (unpaired) electrons. The lowest BCUT2D eigenvalue weighted by atomic mass is 10.1. The van der Waals surface area contributed by atoms with Crippen molar-refractivity contribution in [2.75, 3.05) is 23.3 Å². The van der Waals surface area contributed by atoms with Gasteiger partial charge in [-0.3, -0.25) is 9.48 Å². The first-order chi connectivity index (χ1) is 16.9. The molecule has 4 aromatic rings. The molecular weight excluding hydrogens is 445 g/mol. The van der Waals surface area contributed by atoms with E-state index in [4.69, 9.17) is 0 Å². The van der Waals surface area contributed by atoms with E-state index < -0.39 is 5.82 Å². The van der Waals surface area contributed by atoms with Crippen molar-refractivity contribution in [2.24, 2.45) is 12.5 Å². The standard InChI is InChI=1S/C26H28FN7O/c1-15-11-34-13-17(9-20(27)24(34)28-15)30-25(35)18-3-4-21(19-14-32(2)31-23(18)19)33-8-5-16(12-33)29-22-10-26(22)6-7-26/h3-4,9,11,13-14,16,22,29H,5-8,10,12H2,1-2H3,(H,30,35)/t16-,22?/m0/s1. The Bertz CT molecular complexity index is 1500. The number of hydrogen-bond acceptors (Lipinski definition) is 5. The highest BCUT2D eigenvalue weighted by Crippen LogP contribution is 2.66. The van der Waals surface area contributed by atoms with E-state index in [2.05, 4.69) is 25.6 Å². The van der Waals surface area contributed by atoms with Crippen molar-refractivity contribution < 1.29 is 9.18 Å². The highest BCUT2D eigenvalue weighted by Gasteiger charge is 2.63. The number of hydrogen-bond donors (Lipinski definition) is 2. The van der Waals surface area contributed by atoms with Crippen LogP contribution in [0.5, 0.6) is 0 Å². The Kier molecular flexibility index (Phi) is 4.34. The first-order valence-corrected chi connectivity index (χ1v) is 12.3. The van der Waals surface area contributed by atoms with Gasteiger partial charge < -0.3 is 19.9 Å². The van der Waals surface area contributed by atoms with Gasteiger partial charge in [0, 0.05) is 68.0 Å². The van der Waals surface area contributed by atoms with Crippen LogP contribution in [0.4, 0.5) is 15.8 Å². The van der Waals surface area contributed by atoms with Crippen molar-refractivity contribution in [2.45, 2.75) is 44.7 Å². The van der Waals surface area contributed by atoms with E-state index in [1.807, 2.05) is 25.4 Å². The van der Waals surface area contributed by atoms with E-state index in [1.54, 1.807) is 28.4 Å². The summed E-state index contributed by atoms with van der Waals surface area (Å²) < 4.78 is 17.8. The second-order valence-electron chi connectivity index (χ2n) is 10.6. The lowest BCUT2D eigenvalue weighted by molar-refractivity contribution is 0.102. The maximum Gasteiger partial charge on any atom is 0.257 e. The second-order valence-corrected chi connectivity index (χ2v) is 10.6. The molecule has 0 bridgehead atoms. The molecular formula is C26H28FN7O. The van der Waals surface area contributed by atoms with E-state index in [1.165, 1.54) is 25.3 Å². The van der Waals surface area contributed by atoms with E-state index in [0.717, 1.165) is 30.6 Å². The van der Waals surface area contributed by atoms with Crippen LogP contribution < -0.4 is 15.5 Å². The Hall–Kier alpha value is -3.46. The van der Waals surface area contributed by atoms with Gasteiger partial charge in [-0.2, -0.15) is 5.10 Å². The van der Waals surface area contributed by atoms with Crippen molar-refractivity contribution in [3.8, 4) is 0 Å². The molecule has 4 heterocycles. The second kappa shape index (κ2) is 7.27. The molecule has 2 saturated carbocycles. The number of carbonyl (C=O) groups excluding carboxylic acids is 1. The number of aromatic nitrogens is 4. The Labute approximate surface area is 202 Å². The first kappa shape index (κ1) is 20.9. The zero-order valence-electron chi connectivity index (χ0n) is 19.9. The number of fused-ring (bicyclic) bond motifs is 2. The number of aryl methyl sites for hydroxylation is 2. The van der Waals surface area contributed by atoms with Gasteiger partial charge >= 0.3 is 0 Å². The number of benzene rings is 1. The first-order valence-electron chi connectivity index (χ1n) is 12.3. The Morgan fingerprint density at radius 2 is 2.09 bits per heavy atom. The zero-order valence-corrected chi connectivity index (χ0v) is 19.9. The molecule has 1 spiro atoms. The molecule has 1 aliphatic heterocycles. The summed E-state index contributed by atoms with van der Waals surface area (Å²) in [5.41, 5.74) is 4.20. The predicted molar refractivity (Wildman–Crippen MR) is 132 cm³/mol. The van der Waals surface area contributed by atoms with Crippen LogP contribution in [0.2, 0.25) is 0 Å². The molecule has 7 rings (SSSR count). The fourth-order valence-electron chi connectivity index (χ4n) is 5.81. The van der Waals surface area contributed by atoms with Crippen molar-refractivity contribution in [1.82, 2.24) is 24.5 Å². The molecule has 8 nitrogen and oxygen atoms in total. The normalized spacial score (nSPS) is 22.4. The van der Waals surface area contributed by atoms with Gasteiger partial charge in [0.25, 0.3) is 5.91 Å². The van der Waals surface area contributed by atoms with Crippen molar-refractivity contribution in [1.29, 1.82) is 0 Å². The third-order valence-electron chi connectivity index (χ3n) is 7.94. The number of rotatable bonds is 5. The molecule has 1 amide bonds. The Morgan fingerprint density at radius 3 is 2.89 bits per heavy atom. The van der Waals surface area contributed by atoms with Gasteiger partial charge in [-0.1, -0.05) is 0 Å². The van der Waals surface area contributed by atoms with E-state index in [9.17, 15) is 9.18 Å². The number of amides is 1. The smallest absolute Gasteiger partial charge is 0.257 e. The molecule has 1 saturated heterocycles. The average molecular weight is 474 g/mol. The third-order valence-corrected chi connectivity index (χ3v) is 7.94. The highest BCUT2D eigenvalue weighted by molar-refractivity contribution is 6.13. The summed E-state index contributed by atoms with van der Waals surface area (Å²) in [6.45, 7) is 3.75. The van der Waals surface area contributed by atoms with E-state index in [0.29, 0.717) is 40.0 Å². The maximum atomic E-state index is 14.5. The fourth-order valence-corrected chi connectivity index (χ4v) is 5.81. The topological polar surface area (TPSA) is 79.5 Å². The van der Waals surface area contributed by atoms with Gasteiger partial charge in [-0.05, 0) is 50.2 Å². The van der Waals surface area contributed by atoms with Crippen LogP contribution in [0.15, 0.2) is 36.8 Å². The Morgan fingerprint density at radius 1 is 1.23 bits per heavy atom. The van der Waals surface area contributed by atoms with Gasteiger partial charge in [-0.25, -0.2) is 9.37 Å². The van der Waals surface area contributed by atoms with Crippen molar-refractivity contribution in [3.05, 3.63) is 53.9 Å². The fraction of sp³-hybridized carbons (Fsp3) is 0.423. The number of halogens is 1. The number of imidazole rings is 1. The lowest BCUT2D eigenvalue weighted by Crippen LogP contribution is -2.35. The van der Waals surface area contributed by atoms with Crippen LogP contribution in [-0.4, -0.2) is 50.2 Å². The number of nitrogens with one attached hydrogen (secondary N) is 2. The van der Waals surface area contributed by atoms with Crippen molar-refractivity contribution >= 4 is 33.8 Å². The van der Waals surface area contributed by atoms with E-state index >= 15 is 0 Å². The molecule has 9 heteroatoms. The van der Waals surface area contributed by atoms with Gasteiger partial charge in [0.1, 0.15) is 5.52 Å². The summed E-state index contributed by atoms with van der Waals surface area (Å²) in [5, 5.41) is 12.3.